The second-order valence-corrected chi connectivity index (χ2v) is 13.2. The van der Waals surface area contributed by atoms with E-state index in [-0.39, 0.29) is 22.1 Å². The zero-order valence-electron chi connectivity index (χ0n) is 24.6. The third-order valence-electron chi connectivity index (χ3n) is 6.84. The van der Waals surface area contributed by atoms with Crippen molar-refractivity contribution in [3.05, 3.63) is 89.2 Å². The number of benzene rings is 3. The van der Waals surface area contributed by atoms with Crippen LogP contribution in [0, 0.1) is 17.1 Å². The Morgan fingerprint density at radius 1 is 0.891 bits per heavy atom. The molecule has 0 heterocycles. The molecular weight excluding hydrogens is 646 g/mol. The monoisotopic (exact) mass is 675 g/mol. The van der Waals surface area contributed by atoms with Crippen LogP contribution >= 0.6 is 0 Å². The Balaban J connectivity index is 1.85. The number of sulfone groups is 1. The maximum atomic E-state index is 14.7. The van der Waals surface area contributed by atoms with Crippen LogP contribution in [0.25, 0.3) is 11.1 Å². The van der Waals surface area contributed by atoms with Gasteiger partial charge in [-0.15, -0.1) is 0 Å². The summed E-state index contributed by atoms with van der Waals surface area (Å²) in [6.07, 6.45) is -10.2. The van der Waals surface area contributed by atoms with Gasteiger partial charge < -0.3 is 5.32 Å². The van der Waals surface area contributed by atoms with Gasteiger partial charge in [-0.05, 0) is 60.4 Å². The Bertz CT molecular complexity index is 1680. The number of nitriles is 1. The number of amides is 1. The van der Waals surface area contributed by atoms with Crippen LogP contribution in [0.1, 0.15) is 43.0 Å². The standard InChI is InChI=1S/C31H29F8N3O3S/c1-29(2,33)16-26(28(43)41-23(17-40)14-21-8-11-22(15-25(21)32)30(34,35)36)42-27(31(37,38)39)20-6-4-18(5-7-20)19-9-12-24(13-10-19)46(3,44)45/h4-13,15,23,26-27,42H,14,16H2,1-3H3,(H,41,43)/t23-,26-,27-/m0/s1. The SMILES string of the molecule is CC(C)(F)C[C@H](N[C@@H](c1ccc(-c2ccc(S(C)(=O)=O)cc2)cc1)C(F)(F)F)C(=O)N[C@H](C#N)Cc1ccc(C(F)(F)F)cc1F. The second kappa shape index (κ2) is 13.8. The fourth-order valence-corrected chi connectivity index (χ4v) is 5.20. The normalized spacial score (nSPS) is 14.7. The first-order valence-corrected chi connectivity index (χ1v) is 15.5. The number of nitrogens with one attached hydrogen (secondary N) is 2. The summed E-state index contributed by atoms with van der Waals surface area (Å²) in [5.74, 6) is -2.53. The first-order valence-electron chi connectivity index (χ1n) is 13.6. The van der Waals surface area contributed by atoms with Gasteiger partial charge in [-0.3, -0.25) is 10.1 Å². The van der Waals surface area contributed by atoms with Gasteiger partial charge in [0.2, 0.25) is 5.91 Å². The molecule has 0 bridgehead atoms. The van der Waals surface area contributed by atoms with E-state index in [0.717, 1.165) is 38.3 Å². The molecule has 3 aromatic rings. The molecular formula is C31H29F8N3O3S. The second-order valence-electron chi connectivity index (χ2n) is 11.2. The molecule has 248 valence electrons. The molecule has 0 fully saturated rings. The highest BCUT2D eigenvalue weighted by Gasteiger charge is 2.44. The molecule has 6 nitrogen and oxygen atoms in total. The van der Waals surface area contributed by atoms with Crippen LogP contribution in [0.15, 0.2) is 71.6 Å². The Labute approximate surface area is 260 Å². The predicted octanol–water partition coefficient (Wildman–Crippen LogP) is 6.87. The van der Waals surface area contributed by atoms with E-state index in [9.17, 15) is 53.6 Å². The van der Waals surface area contributed by atoms with E-state index in [4.69, 9.17) is 0 Å². The summed E-state index contributed by atoms with van der Waals surface area (Å²) < 4.78 is 134. The average Bonchev–Trinajstić information content (AvgIpc) is 2.93. The zero-order valence-corrected chi connectivity index (χ0v) is 25.4. The number of carbonyl (C=O) groups excluding carboxylic acids is 1. The van der Waals surface area contributed by atoms with Gasteiger partial charge in [-0.1, -0.05) is 42.5 Å². The summed E-state index contributed by atoms with van der Waals surface area (Å²) >= 11 is 0. The highest BCUT2D eigenvalue weighted by Crippen LogP contribution is 2.35. The zero-order chi connectivity index (χ0) is 34.7. The van der Waals surface area contributed by atoms with Gasteiger partial charge in [0, 0.05) is 19.1 Å². The van der Waals surface area contributed by atoms with Crippen LogP contribution in [0.3, 0.4) is 0 Å². The van der Waals surface area contributed by atoms with Gasteiger partial charge in [0.15, 0.2) is 9.84 Å². The number of carbonyl (C=O) groups is 1. The van der Waals surface area contributed by atoms with Crippen molar-refractivity contribution in [3.8, 4) is 17.2 Å². The molecule has 3 atom stereocenters. The predicted molar refractivity (Wildman–Crippen MR) is 153 cm³/mol. The Morgan fingerprint density at radius 3 is 1.87 bits per heavy atom. The summed E-state index contributed by atoms with van der Waals surface area (Å²) in [7, 11) is -3.47. The molecule has 0 saturated carbocycles. The summed E-state index contributed by atoms with van der Waals surface area (Å²) in [5, 5.41) is 13.8. The molecule has 46 heavy (non-hydrogen) atoms. The van der Waals surface area contributed by atoms with Gasteiger partial charge in [0.25, 0.3) is 0 Å². The van der Waals surface area contributed by atoms with Crippen molar-refractivity contribution in [2.75, 3.05) is 6.26 Å². The van der Waals surface area contributed by atoms with Crippen LogP contribution < -0.4 is 10.6 Å². The highest BCUT2D eigenvalue weighted by molar-refractivity contribution is 7.90. The van der Waals surface area contributed by atoms with Crippen molar-refractivity contribution in [1.29, 1.82) is 5.26 Å². The molecule has 0 radical (unpaired) electrons. The number of hydrogen-bond donors (Lipinski definition) is 2. The molecule has 0 aliphatic carbocycles. The number of rotatable bonds is 11. The number of hydrogen-bond acceptors (Lipinski definition) is 5. The van der Waals surface area contributed by atoms with Crippen molar-refractivity contribution in [2.24, 2.45) is 0 Å². The summed E-state index contributed by atoms with van der Waals surface area (Å²) in [5.41, 5.74) is -3.20. The molecule has 0 saturated heterocycles. The third-order valence-corrected chi connectivity index (χ3v) is 7.97. The van der Waals surface area contributed by atoms with Crippen molar-refractivity contribution >= 4 is 15.7 Å². The Hall–Kier alpha value is -4.03. The lowest BCUT2D eigenvalue weighted by Gasteiger charge is -2.30. The molecule has 0 aromatic heterocycles. The smallest absolute Gasteiger partial charge is 0.339 e. The average molecular weight is 676 g/mol. The van der Waals surface area contributed by atoms with Crippen LogP contribution in [-0.4, -0.2) is 44.5 Å². The van der Waals surface area contributed by atoms with E-state index < -0.39 is 76.1 Å². The molecule has 3 rings (SSSR count). The van der Waals surface area contributed by atoms with E-state index in [1.54, 1.807) is 6.07 Å². The summed E-state index contributed by atoms with van der Waals surface area (Å²) in [6.45, 7) is 2.06. The minimum absolute atomic E-state index is 0.0532. The minimum atomic E-state index is -4.99. The van der Waals surface area contributed by atoms with Crippen LogP contribution in [0.2, 0.25) is 0 Å². The Morgan fingerprint density at radius 2 is 1.43 bits per heavy atom. The van der Waals surface area contributed by atoms with Crippen molar-refractivity contribution in [3.63, 3.8) is 0 Å². The molecule has 0 unspecified atom stereocenters. The van der Waals surface area contributed by atoms with E-state index in [1.165, 1.54) is 36.4 Å². The lowest BCUT2D eigenvalue weighted by atomic mass is 9.96. The molecule has 1 amide bonds. The first kappa shape index (κ1) is 36.4. The van der Waals surface area contributed by atoms with Gasteiger partial charge in [-0.25, -0.2) is 17.2 Å². The summed E-state index contributed by atoms with van der Waals surface area (Å²) in [4.78, 5) is 13.2. The van der Waals surface area contributed by atoms with Gasteiger partial charge >= 0.3 is 12.4 Å². The number of nitrogens with zero attached hydrogens (tertiary/aromatic N) is 1. The van der Waals surface area contributed by atoms with Crippen molar-refractivity contribution < 1.29 is 48.3 Å². The number of halogens is 8. The fourth-order valence-electron chi connectivity index (χ4n) is 4.57. The molecule has 0 spiro atoms. The van der Waals surface area contributed by atoms with Crippen LogP contribution in [-0.2, 0) is 27.2 Å². The Kier molecular flexibility index (Phi) is 10.9. The molecule has 15 heteroatoms. The topological polar surface area (TPSA) is 99.1 Å². The highest BCUT2D eigenvalue weighted by atomic mass is 32.2. The van der Waals surface area contributed by atoms with E-state index in [2.05, 4.69) is 10.6 Å². The maximum Gasteiger partial charge on any atom is 0.416 e. The third kappa shape index (κ3) is 9.98. The van der Waals surface area contributed by atoms with Crippen molar-refractivity contribution in [1.82, 2.24) is 10.6 Å². The molecule has 3 aromatic carbocycles. The molecule has 2 N–H and O–H groups in total. The van der Waals surface area contributed by atoms with E-state index in [0.29, 0.717) is 17.2 Å². The minimum Gasteiger partial charge on any atom is -0.339 e. The van der Waals surface area contributed by atoms with Crippen LogP contribution in [0.4, 0.5) is 35.1 Å². The fraction of sp³-hybridized carbons (Fsp3) is 0.355. The quantitative estimate of drug-likeness (QED) is 0.216. The lowest BCUT2D eigenvalue weighted by Crippen LogP contribution is -2.53. The van der Waals surface area contributed by atoms with E-state index in [1.807, 2.05) is 0 Å². The molecule has 0 aliphatic rings. The molecule has 0 aliphatic heterocycles. The van der Waals surface area contributed by atoms with Gasteiger partial charge in [-0.2, -0.15) is 31.6 Å². The van der Waals surface area contributed by atoms with Crippen LogP contribution in [0.5, 0.6) is 0 Å². The van der Waals surface area contributed by atoms with Gasteiger partial charge in [0.05, 0.1) is 22.6 Å². The van der Waals surface area contributed by atoms with E-state index >= 15 is 0 Å². The first-order chi connectivity index (χ1) is 21.1. The number of alkyl halides is 7. The lowest BCUT2D eigenvalue weighted by molar-refractivity contribution is -0.161. The maximum absolute atomic E-state index is 14.7. The largest absolute Gasteiger partial charge is 0.416 e. The van der Waals surface area contributed by atoms with Crippen molar-refractivity contribution in [2.45, 2.75) is 67.7 Å². The van der Waals surface area contributed by atoms with Gasteiger partial charge in [0.1, 0.15) is 23.6 Å². The summed E-state index contributed by atoms with van der Waals surface area (Å²) in [6, 6.07) is 7.89.